The first-order valence-corrected chi connectivity index (χ1v) is 3.33. The van der Waals surface area contributed by atoms with Crippen molar-refractivity contribution in [3.63, 3.8) is 0 Å². The fraction of sp³-hybridized carbons (Fsp3) is 0. The van der Waals surface area contributed by atoms with E-state index in [2.05, 4.69) is 5.48 Å². The van der Waals surface area contributed by atoms with E-state index in [4.69, 9.17) is 3.17 Å². The Kier molecular flexibility index (Phi) is 1.10. The Labute approximate surface area is 41.0 Å². The molecule has 1 N–H and O–H groups in total. The zero-order valence-electron chi connectivity index (χ0n) is 2.44. The van der Waals surface area contributed by atoms with Crippen molar-refractivity contribution in [2.24, 2.45) is 0 Å². The topological polar surface area (TPSA) is 21.3 Å². The van der Waals surface area contributed by atoms with Gasteiger partial charge in [0, 0.05) is 0 Å². The summed E-state index contributed by atoms with van der Waals surface area (Å²) < 4.78 is 6.71. The predicted octanol–water partition coefficient (Wildman–Crippen LogP) is -3.00. The number of hydrogen-bond acceptors (Lipinski definition) is 2. The first-order valence-electron chi connectivity index (χ1n) is 1.20. The zero-order chi connectivity index (χ0) is 3.54. The molecule has 0 saturated heterocycles. The van der Waals surface area contributed by atoms with Gasteiger partial charge in [0.1, 0.15) is 0 Å². The molecule has 0 saturated carbocycles. The third-order valence-electron chi connectivity index (χ3n) is 0.272. The molecule has 0 radical (unpaired) electrons. The van der Waals surface area contributed by atoms with Crippen molar-refractivity contribution in [3.8, 4) is 0 Å². The predicted molar refractivity (Wildman–Crippen MR) is 13.4 cm³/mol. The van der Waals surface area contributed by atoms with Crippen molar-refractivity contribution < 1.29 is 24.8 Å². The van der Waals surface area contributed by atoms with Gasteiger partial charge in [0.05, 0.1) is 0 Å². The van der Waals surface area contributed by atoms with Crippen LogP contribution in [0.15, 0.2) is 10.3 Å². The molecule has 30 valence electrons. The number of hydrogen-bond donors (Lipinski definition) is 1. The molecule has 0 aliphatic carbocycles. The molecule has 1 heterocycles. The molecule has 1 aliphatic rings. The molecule has 1 rings (SSSR count). The molecule has 2 nitrogen and oxygen atoms in total. The number of hydroxylamine groups is 1. The van der Waals surface area contributed by atoms with Crippen LogP contribution in [0.5, 0.6) is 0 Å². The van der Waals surface area contributed by atoms with Crippen LogP contribution in [0.25, 0.3) is 0 Å². The van der Waals surface area contributed by atoms with Gasteiger partial charge in [0.2, 0.25) is 0 Å². The van der Waals surface area contributed by atoms with Crippen LogP contribution < -0.4 is 27.1 Å². The van der Waals surface area contributed by atoms with Gasteiger partial charge in [0.25, 0.3) is 0 Å². The molecule has 0 bridgehead atoms. The second-order valence-electron chi connectivity index (χ2n) is 0.577. The van der Waals surface area contributed by atoms with E-state index in [-0.39, 0.29) is 21.6 Å². The monoisotopic (exact) mass is 184 g/mol. The summed E-state index contributed by atoms with van der Waals surface area (Å²) >= 11 is -0.0494. The molecule has 0 unspecified atom stereocenters. The molecule has 0 aromatic heterocycles. The number of rotatable bonds is 0. The fourth-order valence-corrected chi connectivity index (χ4v) is 0.863. The van der Waals surface area contributed by atoms with Crippen molar-refractivity contribution in [1.29, 1.82) is 0 Å². The average molecular weight is 184 g/mol. The van der Waals surface area contributed by atoms with Crippen LogP contribution >= 0.6 is 0 Å². The van der Waals surface area contributed by atoms with Crippen LogP contribution in [0.1, 0.15) is 0 Å². The fourth-order valence-electron chi connectivity index (χ4n) is 0.129. The van der Waals surface area contributed by atoms with E-state index >= 15 is 0 Å². The Balaban J connectivity index is 2.32. The van der Waals surface area contributed by atoms with Crippen LogP contribution in [0.3, 0.4) is 0 Å². The van der Waals surface area contributed by atoms with E-state index in [9.17, 15) is 0 Å². The van der Waals surface area contributed by atoms with Crippen molar-refractivity contribution in [1.82, 2.24) is 5.48 Å². The molecular weight excluding hydrogens is 181 g/mol. The second-order valence-corrected chi connectivity index (χ2v) is 2.24. The number of halogens is 1. The van der Waals surface area contributed by atoms with E-state index in [1.165, 1.54) is 0 Å². The van der Waals surface area contributed by atoms with Crippen molar-refractivity contribution >= 4 is 0 Å². The molecule has 1 aliphatic heterocycles. The summed E-state index contributed by atoms with van der Waals surface area (Å²) in [6, 6.07) is 0. The molecule has 0 aromatic rings. The van der Waals surface area contributed by atoms with Gasteiger partial charge in [-0.25, -0.2) is 0 Å². The van der Waals surface area contributed by atoms with Gasteiger partial charge >= 0.3 is 40.5 Å². The van der Waals surface area contributed by atoms with Gasteiger partial charge in [-0.1, -0.05) is 0 Å². The van der Waals surface area contributed by atoms with E-state index < -0.39 is 0 Å². The minimum atomic E-state index is -0.0494. The Morgan fingerprint density at radius 1 is 1.80 bits per heavy atom. The molecular formula is C2H3INO-. The Bertz CT molecular complexity index is 47.6. The molecule has 0 atom stereocenters. The summed E-state index contributed by atoms with van der Waals surface area (Å²) in [6.45, 7) is 0. The maximum absolute atomic E-state index is 4.69. The standard InChI is InChI=1S/C2H3INO/c1-2-4-5-3-1/h1-2,4H/q-1. The molecule has 5 heavy (non-hydrogen) atoms. The molecule has 0 aromatic carbocycles. The van der Waals surface area contributed by atoms with Crippen molar-refractivity contribution in [3.05, 3.63) is 10.3 Å². The van der Waals surface area contributed by atoms with Crippen LogP contribution in [0.2, 0.25) is 0 Å². The molecule has 3 heteroatoms. The molecule has 0 spiro atoms. The Morgan fingerprint density at radius 3 is 3.00 bits per heavy atom. The Hall–Kier alpha value is 0.230. The van der Waals surface area contributed by atoms with Gasteiger partial charge < -0.3 is 0 Å². The Morgan fingerprint density at radius 2 is 2.80 bits per heavy atom. The van der Waals surface area contributed by atoms with Gasteiger partial charge in [-0.15, -0.1) is 0 Å². The maximum atomic E-state index is 4.69. The third kappa shape index (κ3) is 0.769. The first kappa shape index (κ1) is 3.42. The van der Waals surface area contributed by atoms with Gasteiger partial charge in [0.15, 0.2) is 0 Å². The molecule has 0 amide bonds. The summed E-state index contributed by atoms with van der Waals surface area (Å²) in [5, 5.41) is 0. The van der Waals surface area contributed by atoms with E-state index in [1.54, 1.807) is 0 Å². The third-order valence-corrected chi connectivity index (χ3v) is 1.43. The van der Waals surface area contributed by atoms with E-state index in [0.29, 0.717) is 0 Å². The van der Waals surface area contributed by atoms with Crippen LogP contribution in [-0.2, 0) is 3.17 Å². The SMILES string of the molecule is C1=C[I-]ON1. The van der Waals surface area contributed by atoms with Gasteiger partial charge in [-0.05, 0) is 0 Å². The normalized spacial score (nSPS) is 20.8. The van der Waals surface area contributed by atoms with Crippen molar-refractivity contribution in [2.45, 2.75) is 0 Å². The van der Waals surface area contributed by atoms with Crippen molar-refractivity contribution in [2.75, 3.05) is 0 Å². The van der Waals surface area contributed by atoms with Gasteiger partial charge in [-0.3, -0.25) is 0 Å². The number of nitrogens with one attached hydrogen (secondary N) is 1. The van der Waals surface area contributed by atoms with Gasteiger partial charge in [-0.2, -0.15) is 0 Å². The first-order chi connectivity index (χ1) is 2.50. The summed E-state index contributed by atoms with van der Waals surface area (Å²) in [5.74, 6) is 0. The van der Waals surface area contributed by atoms with E-state index in [0.717, 1.165) is 0 Å². The van der Waals surface area contributed by atoms with Crippen LogP contribution in [0.4, 0.5) is 0 Å². The summed E-state index contributed by atoms with van der Waals surface area (Å²) in [5.41, 5.74) is 2.59. The van der Waals surface area contributed by atoms with E-state index in [1.807, 2.05) is 10.3 Å². The van der Waals surface area contributed by atoms with Crippen LogP contribution in [-0.4, -0.2) is 0 Å². The summed E-state index contributed by atoms with van der Waals surface area (Å²) in [4.78, 5) is 0. The minimum absolute atomic E-state index is 0.0494. The summed E-state index contributed by atoms with van der Waals surface area (Å²) in [7, 11) is 0. The quantitative estimate of drug-likeness (QED) is 0.405. The summed E-state index contributed by atoms with van der Waals surface area (Å²) in [6.07, 6.45) is 1.81. The average Bonchev–Trinajstić information content (AvgIpc) is 1.76. The molecule has 0 fully saturated rings. The zero-order valence-corrected chi connectivity index (χ0v) is 4.60. The second kappa shape index (κ2) is 1.61. The van der Waals surface area contributed by atoms with Crippen LogP contribution in [0, 0.1) is 0 Å².